The third-order valence-electron chi connectivity index (χ3n) is 4.26. The predicted molar refractivity (Wildman–Crippen MR) is 141 cm³/mol. The molecule has 0 N–H and O–H groups in total. The average molecular weight is 412 g/mol. The van der Waals surface area contributed by atoms with Crippen molar-refractivity contribution in [3.05, 3.63) is 115 Å². The molecule has 0 saturated carbocycles. The Morgan fingerprint density at radius 1 is 0.323 bits per heavy atom. The highest BCUT2D eigenvalue weighted by molar-refractivity contribution is 5.78. The minimum absolute atomic E-state index is 1.15. The van der Waals surface area contributed by atoms with Crippen LogP contribution < -0.4 is 4.90 Å². The van der Waals surface area contributed by atoms with E-state index in [9.17, 15) is 0 Å². The number of nitrogens with zero attached hydrogens (tertiary/aromatic N) is 1. The second kappa shape index (κ2) is 15.5. The Labute approximate surface area is 190 Å². The van der Waals surface area contributed by atoms with E-state index in [2.05, 4.69) is 102 Å². The maximum atomic E-state index is 2.27. The molecule has 0 spiro atoms. The highest BCUT2D eigenvalue weighted by atomic mass is 15.1. The molecule has 1 heteroatoms. The van der Waals surface area contributed by atoms with Crippen molar-refractivity contribution >= 4 is 17.1 Å². The van der Waals surface area contributed by atoms with E-state index >= 15 is 0 Å². The molecule has 0 aliphatic carbocycles. The smallest absolute Gasteiger partial charge is 0.0462 e. The van der Waals surface area contributed by atoms with Crippen molar-refractivity contribution < 1.29 is 0 Å². The van der Waals surface area contributed by atoms with E-state index in [0.29, 0.717) is 0 Å². The lowest BCUT2D eigenvalue weighted by molar-refractivity contribution is 1.28. The Balaban J connectivity index is 0.000000739. The highest BCUT2D eigenvalue weighted by Crippen LogP contribution is 2.35. The van der Waals surface area contributed by atoms with Crippen LogP contribution in [0, 0.1) is 0 Å². The standard InChI is InChI=1S/C24H19N.3C2H6/c1-4-10-20(11-5-1)21-16-18-24(19-17-21)25(22-12-6-2-7-13-22)23-14-8-3-9-15-23;3*1-2/h1-19H;3*1-2H3. The van der Waals surface area contributed by atoms with Crippen LogP contribution in [0.15, 0.2) is 115 Å². The third-order valence-corrected chi connectivity index (χ3v) is 4.26. The van der Waals surface area contributed by atoms with Gasteiger partial charge in [-0.15, -0.1) is 0 Å². The molecule has 0 atom stereocenters. The van der Waals surface area contributed by atoms with Gasteiger partial charge < -0.3 is 4.90 Å². The van der Waals surface area contributed by atoms with Gasteiger partial charge >= 0.3 is 0 Å². The molecule has 1 nitrogen and oxygen atoms in total. The molecule has 0 bridgehead atoms. The molecule has 0 aliphatic rings. The van der Waals surface area contributed by atoms with Gasteiger partial charge in [0.05, 0.1) is 0 Å². The summed E-state index contributed by atoms with van der Waals surface area (Å²) >= 11 is 0. The van der Waals surface area contributed by atoms with Crippen molar-refractivity contribution in [1.29, 1.82) is 0 Å². The fraction of sp³-hybridized carbons (Fsp3) is 0.200. The summed E-state index contributed by atoms with van der Waals surface area (Å²) in [6.07, 6.45) is 0. The summed E-state index contributed by atoms with van der Waals surface area (Å²) in [4.78, 5) is 2.27. The molecular formula is C30H37N. The predicted octanol–water partition coefficient (Wildman–Crippen LogP) is 9.90. The number of para-hydroxylation sites is 2. The van der Waals surface area contributed by atoms with E-state index in [0.717, 1.165) is 17.1 Å². The molecule has 0 radical (unpaired) electrons. The third kappa shape index (κ3) is 7.46. The molecule has 162 valence electrons. The van der Waals surface area contributed by atoms with Crippen LogP contribution in [-0.2, 0) is 0 Å². The number of hydrogen-bond acceptors (Lipinski definition) is 1. The lowest BCUT2D eigenvalue weighted by Gasteiger charge is -2.25. The topological polar surface area (TPSA) is 3.24 Å². The zero-order valence-corrected chi connectivity index (χ0v) is 19.9. The SMILES string of the molecule is CC.CC.CC.c1ccc(-c2ccc(N(c3ccccc3)c3ccccc3)cc2)cc1. The lowest BCUT2D eigenvalue weighted by Crippen LogP contribution is -2.09. The second-order valence-corrected chi connectivity index (χ2v) is 5.92. The van der Waals surface area contributed by atoms with Gasteiger partial charge in [0.25, 0.3) is 0 Å². The summed E-state index contributed by atoms with van der Waals surface area (Å²) in [5.74, 6) is 0. The van der Waals surface area contributed by atoms with Crippen LogP contribution in [0.2, 0.25) is 0 Å². The van der Waals surface area contributed by atoms with Gasteiger partial charge in [-0.05, 0) is 47.5 Å². The maximum absolute atomic E-state index is 2.27. The Hall–Kier alpha value is -3.32. The van der Waals surface area contributed by atoms with Gasteiger partial charge in [-0.2, -0.15) is 0 Å². The van der Waals surface area contributed by atoms with Gasteiger partial charge in [0.2, 0.25) is 0 Å². The maximum Gasteiger partial charge on any atom is 0.0462 e. The molecule has 0 amide bonds. The van der Waals surface area contributed by atoms with Crippen molar-refractivity contribution in [3.8, 4) is 11.1 Å². The molecule has 0 fully saturated rings. The first-order chi connectivity index (χ1) is 15.4. The van der Waals surface area contributed by atoms with Crippen LogP contribution in [0.3, 0.4) is 0 Å². The highest BCUT2D eigenvalue weighted by Gasteiger charge is 2.11. The number of rotatable bonds is 4. The van der Waals surface area contributed by atoms with Crippen molar-refractivity contribution in [2.75, 3.05) is 4.90 Å². The first-order valence-electron chi connectivity index (χ1n) is 11.5. The summed E-state index contributed by atoms with van der Waals surface area (Å²) in [6, 6.07) is 40.1. The molecule has 4 aromatic rings. The first kappa shape index (κ1) is 25.7. The first-order valence-corrected chi connectivity index (χ1v) is 11.5. The quantitative estimate of drug-likeness (QED) is 0.323. The molecule has 4 rings (SSSR count). The molecule has 0 saturated heterocycles. The van der Waals surface area contributed by atoms with Crippen molar-refractivity contribution in [1.82, 2.24) is 0 Å². The van der Waals surface area contributed by atoms with Gasteiger partial charge in [-0.3, -0.25) is 0 Å². The Kier molecular flexibility index (Phi) is 12.9. The Morgan fingerprint density at radius 3 is 1.00 bits per heavy atom. The van der Waals surface area contributed by atoms with E-state index in [1.807, 2.05) is 59.7 Å². The summed E-state index contributed by atoms with van der Waals surface area (Å²) in [6.45, 7) is 12.0. The van der Waals surface area contributed by atoms with Gasteiger partial charge in [-0.25, -0.2) is 0 Å². The van der Waals surface area contributed by atoms with Crippen LogP contribution in [0.1, 0.15) is 41.5 Å². The van der Waals surface area contributed by atoms with Gasteiger partial charge in [0, 0.05) is 17.1 Å². The van der Waals surface area contributed by atoms with Crippen LogP contribution in [0.4, 0.5) is 17.1 Å². The van der Waals surface area contributed by atoms with Gasteiger partial charge in [-0.1, -0.05) is 120 Å². The Bertz CT molecular complexity index is 875. The molecule has 31 heavy (non-hydrogen) atoms. The van der Waals surface area contributed by atoms with E-state index in [1.165, 1.54) is 11.1 Å². The zero-order chi connectivity index (χ0) is 22.9. The zero-order valence-electron chi connectivity index (χ0n) is 19.9. The van der Waals surface area contributed by atoms with E-state index in [4.69, 9.17) is 0 Å². The largest absolute Gasteiger partial charge is 0.311 e. The Morgan fingerprint density at radius 2 is 0.613 bits per heavy atom. The van der Waals surface area contributed by atoms with Gasteiger partial charge in [0.15, 0.2) is 0 Å². The number of hydrogen-bond donors (Lipinski definition) is 0. The minimum Gasteiger partial charge on any atom is -0.311 e. The molecule has 0 aliphatic heterocycles. The summed E-state index contributed by atoms with van der Waals surface area (Å²) in [7, 11) is 0. The summed E-state index contributed by atoms with van der Waals surface area (Å²) in [5, 5.41) is 0. The van der Waals surface area contributed by atoms with E-state index in [1.54, 1.807) is 0 Å². The average Bonchev–Trinajstić information content (AvgIpc) is 2.90. The normalized spacial score (nSPS) is 8.97. The van der Waals surface area contributed by atoms with Crippen molar-refractivity contribution in [2.45, 2.75) is 41.5 Å². The van der Waals surface area contributed by atoms with Crippen LogP contribution in [0.5, 0.6) is 0 Å². The van der Waals surface area contributed by atoms with Crippen molar-refractivity contribution in [3.63, 3.8) is 0 Å². The van der Waals surface area contributed by atoms with Crippen LogP contribution in [-0.4, -0.2) is 0 Å². The molecular weight excluding hydrogens is 374 g/mol. The molecule has 0 unspecified atom stereocenters. The van der Waals surface area contributed by atoms with Crippen LogP contribution in [0.25, 0.3) is 11.1 Å². The second-order valence-electron chi connectivity index (χ2n) is 5.92. The lowest BCUT2D eigenvalue weighted by atomic mass is 10.0. The van der Waals surface area contributed by atoms with E-state index in [-0.39, 0.29) is 0 Å². The fourth-order valence-corrected chi connectivity index (χ4v) is 3.03. The number of benzene rings is 4. The fourth-order valence-electron chi connectivity index (χ4n) is 3.03. The van der Waals surface area contributed by atoms with Gasteiger partial charge in [0.1, 0.15) is 0 Å². The number of anilines is 3. The van der Waals surface area contributed by atoms with E-state index < -0.39 is 0 Å². The molecule has 0 heterocycles. The van der Waals surface area contributed by atoms with Crippen LogP contribution >= 0.6 is 0 Å². The van der Waals surface area contributed by atoms with Crippen molar-refractivity contribution in [2.24, 2.45) is 0 Å². The summed E-state index contributed by atoms with van der Waals surface area (Å²) in [5.41, 5.74) is 5.92. The summed E-state index contributed by atoms with van der Waals surface area (Å²) < 4.78 is 0. The minimum atomic E-state index is 1.15. The molecule has 0 aromatic heterocycles. The monoisotopic (exact) mass is 411 g/mol. The molecule has 4 aromatic carbocycles.